The quantitative estimate of drug-likeness (QED) is 0.895. The zero-order chi connectivity index (χ0) is 13.1. The zero-order valence-corrected chi connectivity index (χ0v) is 12.5. The van der Waals surface area contributed by atoms with Gasteiger partial charge < -0.3 is 5.73 Å². The molecule has 2 aromatic rings. The molecule has 1 unspecified atom stereocenters. The monoisotopic (exact) mass is 344 g/mol. The number of hydrogen-bond donors (Lipinski definition) is 1. The van der Waals surface area contributed by atoms with Crippen LogP contribution in [0.2, 0.25) is 10.0 Å². The second-order valence-electron chi connectivity index (χ2n) is 3.96. The zero-order valence-electron chi connectivity index (χ0n) is 9.41. The van der Waals surface area contributed by atoms with Crippen molar-refractivity contribution in [3.63, 3.8) is 0 Å². The van der Waals surface area contributed by atoms with Crippen molar-refractivity contribution >= 4 is 39.1 Å². The summed E-state index contributed by atoms with van der Waals surface area (Å²) in [6.07, 6.45) is 4.16. The van der Waals surface area contributed by atoms with Crippen molar-refractivity contribution in [2.75, 3.05) is 0 Å². The molecule has 2 nitrogen and oxygen atoms in total. The van der Waals surface area contributed by atoms with E-state index in [0.29, 0.717) is 16.5 Å². The van der Waals surface area contributed by atoms with Crippen molar-refractivity contribution in [2.24, 2.45) is 5.73 Å². The summed E-state index contributed by atoms with van der Waals surface area (Å²) in [5.41, 5.74) is 7.98. The van der Waals surface area contributed by atoms with E-state index in [9.17, 15) is 0 Å². The Hall–Kier alpha value is -0.610. The molecule has 0 aliphatic carbocycles. The van der Waals surface area contributed by atoms with Crippen molar-refractivity contribution < 1.29 is 0 Å². The molecule has 0 aliphatic rings. The molecule has 1 aromatic carbocycles. The Balaban J connectivity index is 2.25. The molecule has 2 rings (SSSR count). The van der Waals surface area contributed by atoms with Gasteiger partial charge >= 0.3 is 0 Å². The number of rotatable bonds is 3. The minimum Gasteiger partial charge on any atom is -0.324 e. The molecule has 0 spiro atoms. The maximum atomic E-state index is 6.17. The third kappa shape index (κ3) is 3.23. The van der Waals surface area contributed by atoms with E-state index < -0.39 is 0 Å². The van der Waals surface area contributed by atoms with Gasteiger partial charge in [0.25, 0.3) is 0 Å². The molecular formula is C13H11BrCl2N2. The molecule has 94 valence electrons. The van der Waals surface area contributed by atoms with E-state index in [0.717, 1.165) is 15.6 Å². The molecule has 0 radical (unpaired) electrons. The summed E-state index contributed by atoms with van der Waals surface area (Å²) in [5, 5.41) is 1.19. The van der Waals surface area contributed by atoms with Gasteiger partial charge in [-0.15, -0.1) is 0 Å². The van der Waals surface area contributed by atoms with Crippen LogP contribution in [0.15, 0.2) is 41.1 Å². The summed E-state index contributed by atoms with van der Waals surface area (Å²) in [7, 11) is 0. The van der Waals surface area contributed by atoms with E-state index in [1.54, 1.807) is 24.5 Å². The molecule has 0 fully saturated rings. The highest BCUT2D eigenvalue weighted by Crippen LogP contribution is 2.30. The number of aromatic nitrogens is 1. The van der Waals surface area contributed by atoms with Gasteiger partial charge in [-0.05, 0) is 46.1 Å². The van der Waals surface area contributed by atoms with Gasteiger partial charge in [0.05, 0.1) is 0 Å². The predicted molar refractivity (Wildman–Crippen MR) is 79.0 cm³/mol. The number of hydrogen-bond acceptors (Lipinski definition) is 2. The Morgan fingerprint density at radius 2 is 1.89 bits per heavy atom. The van der Waals surface area contributed by atoms with Gasteiger partial charge in [0, 0.05) is 38.5 Å². The van der Waals surface area contributed by atoms with Crippen molar-refractivity contribution in [1.29, 1.82) is 0 Å². The van der Waals surface area contributed by atoms with Crippen molar-refractivity contribution in [3.8, 4) is 0 Å². The lowest BCUT2D eigenvalue weighted by Gasteiger charge is -2.15. The molecule has 2 N–H and O–H groups in total. The number of pyridine rings is 1. The number of benzene rings is 1. The summed E-state index contributed by atoms with van der Waals surface area (Å²) in [5.74, 6) is 0. The Morgan fingerprint density at radius 3 is 2.50 bits per heavy atom. The topological polar surface area (TPSA) is 38.9 Å². The minimum absolute atomic E-state index is 0.248. The molecule has 1 atom stereocenters. The fourth-order valence-corrected chi connectivity index (χ4v) is 2.88. The van der Waals surface area contributed by atoms with Crippen LogP contribution in [-0.4, -0.2) is 4.98 Å². The highest BCUT2D eigenvalue weighted by Gasteiger charge is 2.14. The molecule has 0 saturated carbocycles. The maximum Gasteiger partial charge on any atom is 0.0468 e. The first kappa shape index (κ1) is 13.8. The first-order valence-electron chi connectivity index (χ1n) is 5.37. The summed E-state index contributed by atoms with van der Waals surface area (Å²) in [6, 6.07) is 7.13. The van der Waals surface area contributed by atoms with Crippen LogP contribution in [0, 0.1) is 0 Å². The Kier molecular flexibility index (Phi) is 4.62. The standard InChI is InChI=1S/C13H11BrCl2N2/c14-9-4-8(6-18-7-9)5-12(17)13-10(15)2-1-3-11(13)16/h1-4,6-7,12H,5,17H2. The second kappa shape index (κ2) is 6.02. The smallest absolute Gasteiger partial charge is 0.0468 e. The second-order valence-corrected chi connectivity index (χ2v) is 5.69. The summed E-state index contributed by atoms with van der Waals surface area (Å²) in [4.78, 5) is 4.11. The minimum atomic E-state index is -0.248. The average molecular weight is 346 g/mol. The van der Waals surface area contributed by atoms with Crippen LogP contribution >= 0.6 is 39.1 Å². The van der Waals surface area contributed by atoms with E-state index in [4.69, 9.17) is 28.9 Å². The maximum absolute atomic E-state index is 6.17. The van der Waals surface area contributed by atoms with Gasteiger partial charge in [-0.25, -0.2) is 0 Å². The van der Waals surface area contributed by atoms with Gasteiger partial charge in [0.1, 0.15) is 0 Å². The summed E-state index contributed by atoms with van der Waals surface area (Å²) in [6.45, 7) is 0. The molecule has 5 heteroatoms. The fourth-order valence-electron chi connectivity index (χ4n) is 1.79. The molecular weight excluding hydrogens is 335 g/mol. The van der Waals surface area contributed by atoms with Crippen molar-refractivity contribution in [3.05, 3.63) is 62.3 Å². The third-order valence-corrected chi connectivity index (χ3v) is 3.68. The van der Waals surface area contributed by atoms with Crippen molar-refractivity contribution in [2.45, 2.75) is 12.5 Å². The Labute approximate surface area is 124 Å². The molecule has 0 saturated heterocycles. The van der Waals surface area contributed by atoms with Crippen LogP contribution in [-0.2, 0) is 6.42 Å². The lowest BCUT2D eigenvalue weighted by molar-refractivity contribution is 0.720. The molecule has 0 amide bonds. The Morgan fingerprint density at radius 1 is 1.22 bits per heavy atom. The number of halogens is 3. The lowest BCUT2D eigenvalue weighted by Crippen LogP contribution is -2.14. The van der Waals surface area contributed by atoms with Crippen molar-refractivity contribution in [1.82, 2.24) is 4.98 Å². The van der Waals surface area contributed by atoms with Crippen LogP contribution in [0.3, 0.4) is 0 Å². The molecule has 0 bridgehead atoms. The van der Waals surface area contributed by atoms with Crippen LogP contribution in [0.5, 0.6) is 0 Å². The van der Waals surface area contributed by atoms with E-state index in [1.165, 1.54) is 0 Å². The molecule has 0 aliphatic heterocycles. The Bertz CT molecular complexity index is 540. The summed E-state index contributed by atoms with van der Waals surface area (Å²) < 4.78 is 0.928. The average Bonchev–Trinajstić information content (AvgIpc) is 2.28. The normalized spacial score (nSPS) is 12.4. The SMILES string of the molecule is NC(Cc1cncc(Br)c1)c1c(Cl)cccc1Cl. The predicted octanol–water partition coefficient (Wildman–Crippen LogP) is 4.39. The molecule has 18 heavy (non-hydrogen) atoms. The lowest BCUT2D eigenvalue weighted by atomic mass is 10.0. The fraction of sp³-hybridized carbons (Fsp3) is 0.154. The molecule has 1 heterocycles. The van der Waals surface area contributed by atoms with Gasteiger partial charge in [0.15, 0.2) is 0 Å². The van der Waals surface area contributed by atoms with E-state index >= 15 is 0 Å². The largest absolute Gasteiger partial charge is 0.324 e. The van der Waals surface area contributed by atoms with Crippen LogP contribution in [0.1, 0.15) is 17.2 Å². The van der Waals surface area contributed by atoms with Crippen LogP contribution < -0.4 is 5.73 Å². The van der Waals surface area contributed by atoms with Crippen LogP contribution in [0.25, 0.3) is 0 Å². The van der Waals surface area contributed by atoms with Gasteiger partial charge in [-0.2, -0.15) is 0 Å². The third-order valence-electron chi connectivity index (χ3n) is 2.59. The van der Waals surface area contributed by atoms with E-state index in [1.807, 2.05) is 12.1 Å². The van der Waals surface area contributed by atoms with E-state index in [-0.39, 0.29) is 6.04 Å². The van der Waals surface area contributed by atoms with Gasteiger partial charge in [-0.1, -0.05) is 29.3 Å². The van der Waals surface area contributed by atoms with E-state index in [2.05, 4.69) is 20.9 Å². The highest BCUT2D eigenvalue weighted by molar-refractivity contribution is 9.10. The first-order chi connectivity index (χ1) is 8.58. The summed E-state index contributed by atoms with van der Waals surface area (Å²) >= 11 is 15.6. The first-order valence-corrected chi connectivity index (χ1v) is 6.91. The number of nitrogens with zero attached hydrogens (tertiary/aromatic N) is 1. The van der Waals surface area contributed by atoms with Gasteiger partial charge in [0.2, 0.25) is 0 Å². The van der Waals surface area contributed by atoms with Gasteiger partial charge in [-0.3, -0.25) is 4.98 Å². The molecule has 1 aromatic heterocycles. The highest BCUT2D eigenvalue weighted by atomic mass is 79.9. The van der Waals surface area contributed by atoms with Crippen LogP contribution in [0.4, 0.5) is 0 Å². The number of nitrogens with two attached hydrogens (primary N) is 1.